The summed E-state index contributed by atoms with van der Waals surface area (Å²) in [6.07, 6.45) is 4.00. The summed E-state index contributed by atoms with van der Waals surface area (Å²) in [6, 6.07) is 4.39. The van der Waals surface area contributed by atoms with Gasteiger partial charge in [0.1, 0.15) is 23.7 Å². The van der Waals surface area contributed by atoms with E-state index in [1.807, 2.05) is 0 Å². The van der Waals surface area contributed by atoms with Crippen molar-refractivity contribution in [3.8, 4) is 5.88 Å². The first-order valence-electron chi connectivity index (χ1n) is 12.0. The van der Waals surface area contributed by atoms with Gasteiger partial charge in [0.2, 0.25) is 0 Å². The van der Waals surface area contributed by atoms with E-state index in [-0.39, 0.29) is 12.1 Å². The van der Waals surface area contributed by atoms with E-state index in [0.29, 0.717) is 40.6 Å². The molecule has 1 aliphatic carbocycles. The number of benzene rings is 1. The molecule has 1 aromatic carbocycles. The van der Waals surface area contributed by atoms with Crippen LogP contribution in [0.1, 0.15) is 31.7 Å². The average Bonchev–Trinajstić information content (AvgIpc) is 3.14. The summed E-state index contributed by atoms with van der Waals surface area (Å²) in [6.45, 7) is 4.93. The highest BCUT2D eigenvalue weighted by molar-refractivity contribution is 5.92. The molecule has 1 aromatic heterocycles. The minimum Gasteiger partial charge on any atom is -0.425 e. The average molecular weight is 471 g/mol. The second-order valence-electron chi connectivity index (χ2n) is 9.88. The Labute approximate surface area is 195 Å². The Balaban J connectivity index is 1.01. The number of rotatable bonds is 5. The molecule has 1 spiro atoms. The normalized spacial score (nSPS) is 35.6. The molecule has 3 unspecified atom stereocenters. The smallest absolute Gasteiger partial charge is 0.418 e. The zero-order valence-electron chi connectivity index (χ0n) is 18.8. The molecule has 0 radical (unpaired) electrons. The molecule has 4 aliphatic heterocycles. The summed E-state index contributed by atoms with van der Waals surface area (Å²) >= 11 is 0. The summed E-state index contributed by atoms with van der Waals surface area (Å²) < 4.78 is 42.9. The fourth-order valence-corrected chi connectivity index (χ4v) is 6.05. The fourth-order valence-electron chi connectivity index (χ4n) is 6.05. The van der Waals surface area contributed by atoms with Gasteiger partial charge in [0.15, 0.2) is 6.29 Å². The zero-order chi connectivity index (χ0) is 23.0. The van der Waals surface area contributed by atoms with E-state index < -0.39 is 17.9 Å². The molecule has 5 heterocycles. The van der Waals surface area contributed by atoms with E-state index in [2.05, 4.69) is 10.1 Å². The predicted molar refractivity (Wildman–Crippen MR) is 116 cm³/mol. The molecule has 1 amide bonds. The summed E-state index contributed by atoms with van der Waals surface area (Å²) in [5.74, 6) is 0.283. The van der Waals surface area contributed by atoms with Gasteiger partial charge in [0, 0.05) is 19.7 Å². The van der Waals surface area contributed by atoms with Gasteiger partial charge in [0.25, 0.3) is 5.88 Å². The number of carbonyl (C=O) groups is 1. The van der Waals surface area contributed by atoms with E-state index >= 15 is 4.39 Å². The first-order valence-corrected chi connectivity index (χ1v) is 12.0. The van der Waals surface area contributed by atoms with Gasteiger partial charge in [-0.1, -0.05) is 0 Å². The molecule has 6 atom stereocenters. The van der Waals surface area contributed by atoms with Crippen LogP contribution in [0.4, 0.5) is 20.6 Å². The van der Waals surface area contributed by atoms with Crippen molar-refractivity contribution in [2.45, 2.75) is 44.3 Å². The number of hydrogen-bond donors (Lipinski definition) is 0. The van der Waals surface area contributed by atoms with Crippen LogP contribution in [0.25, 0.3) is 0 Å². The van der Waals surface area contributed by atoms with E-state index in [1.54, 1.807) is 19.1 Å². The molecule has 0 bridgehead atoms. The third-order valence-corrected chi connectivity index (χ3v) is 8.07. The Morgan fingerprint density at radius 3 is 2.82 bits per heavy atom. The molecular formula is C24H26FN3O6. The molecule has 1 saturated carbocycles. The van der Waals surface area contributed by atoms with Crippen LogP contribution >= 0.6 is 0 Å². The maximum Gasteiger partial charge on any atom is 0.418 e. The summed E-state index contributed by atoms with van der Waals surface area (Å²) in [5, 5.41) is 3.71. The topological polar surface area (TPSA) is 86.5 Å². The Morgan fingerprint density at radius 2 is 2.09 bits per heavy atom. The molecule has 5 aliphatic rings. The first-order chi connectivity index (χ1) is 16.5. The summed E-state index contributed by atoms with van der Waals surface area (Å²) in [4.78, 5) is 16.2. The molecule has 180 valence electrons. The molecule has 3 saturated heterocycles. The van der Waals surface area contributed by atoms with Gasteiger partial charge in [-0.2, -0.15) is 0 Å². The third-order valence-electron chi connectivity index (χ3n) is 8.07. The van der Waals surface area contributed by atoms with Gasteiger partial charge in [-0.15, -0.1) is 0 Å². The van der Waals surface area contributed by atoms with Gasteiger partial charge < -0.3 is 28.4 Å². The van der Waals surface area contributed by atoms with Crippen LogP contribution in [-0.4, -0.2) is 49.9 Å². The molecule has 7 rings (SSSR count). The predicted octanol–water partition coefficient (Wildman–Crippen LogP) is 3.63. The van der Waals surface area contributed by atoms with Crippen molar-refractivity contribution in [1.82, 2.24) is 5.16 Å². The Morgan fingerprint density at radius 1 is 1.24 bits per heavy atom. The number of amides is 1. The quantitative estimate of drug-likeness (QED) is 0.654. The van der Waals surface area contributed by atoms with Gasteiger partial charge in [0.05, 0.1) is 18.0 Å². The first kappa shape index (κ1) is 20.5. The minimum atomic E-state index is -1.27. The standard InChI is InChI=1S/C24H26FN3O6/c1-13-24(18-12-32-26-22(18)33-24)34-23(29)28(13)14-5-6-20(19(25)8-14)27-9-15-16(10-27)17(15)11-31-21-4-2-3-7-30-21/h5-6,8,12-13,15-17,21H,2-4,7,9-11H2,1H3/t13?,15-,16+,17?,21?,24-/m0/s1. The number of anilines is 2. The van der Waals surface area contributed by atoms with Gasteiger partial charge in [-0.25, -0.2) is 9.18 Å². The van der Waals surface area contributed by atoms with Gasteiger partial charge in [-0.05, 0) is 67.3 Å². The highest BCUT2D eigenvalue weighted by Crippen LogP contribution is 2.54. The number of nitrogens with zero attached hydrogens (tertiary/aromatic N) is 3. The van der Waals surface area contributed by atoms with E-state index in [9.17, 15) is 4.79 Å². The van der Waals surface area contributed by atoms with Crippen molar-refractivity contribution in [2.24, 2.45) is 17.8 Å². The van der Waals surface area contributed by atoms with Crippen molar-refractivity contribution in [2.75, 3.05) is 36.1 Å². The lowest BCUT2D eigenvalue weighted by Crippen LogP contribution is -2.51. The van der Waals surface area contributed by atoms with Crippen molar-refractivity contribution >= 4 is 17.5 Å². The van der Waals surface area contributed by atoms with Crippen LogP contribution in [0.15, 0.2) is 29.0 Å². The van der Waals surface area contributed by atoms with Crippen molar-refractivity contribution in [3.63, 3.8) is 0 Å². The van der Waals surface area contributed by atoms with Crippen LogP contribution in [0.3, 0.4) is 0 Å². The lowest BCUT2D eigenvalue weighted by molar-refractivity contribution is -0.170. The molecule has 34 heavy (non-hydrogen) atoms. The van der Waals surface area contributed by atoms with Crippen molar-refractivity contribution < 1.29 is 32.7 Å². The van der Waals surface area contributed by atoms with Crippen LogP contribution < -0.4 is 14.5 Å². The third kappa shape index (κ3) is 2.91. The van der Waals surface area contributed by atoms with E-state index in [0.717, 1.165) is 45.6 Å². The van der Waals surface area contributed by atoms with Crippen molar-refractivity contribution in [3.05, 3.63) is 35.8 Å². The van der Waals surface area contributed by atoms with Crippen LogP contribution in [-0.2, 0) is 20.0 Å². The molecule has 2 aromatic rings. The van der Waals surface area contributed by atoms with Crippen molar-refractivity contribution in [1.29, 1.82) is 0 Å². The Kier molecular flexibility index (Phi) is 4.42. The highest BCUT2D eigenvalue weighted by atomic mass is 19.1. The molecule has 10 heteroatoms. The zero-order valence-corrected chi connectivity index (χ0v) is 18.8. The van der Waals surface area contributed by atoms with Gasteiger partial charge in [-0.3, -0.25) is 4.90 Å². The summed E-state index contributed by atoms with van der Waals surface area (Å²) in [5.41, 5.74) is 1.56. The van der Waals surface area contributed by atoms with Gasteiger partial charge >= 0.3 is 11.9 Å². The lowest BCUT2D eigenvalue weighted by atomic mass is 9.97. The number of fused-ring (bicyclic) bond motifs is 3. The van der Waals surface area contributed by atoms with Crippen LogP contribution in [0.5, 0.6) is 5.88 Å². The number of ether oxygens (including phenoxy) is 4. The largest absolute Gasteiger partial charge is 0.425 e. The van der Waals surface area contributed by atoms with E-state index in [1.165, 1.54) is 17.2 Å². The van der Waals surface area contributed by atoms with Crippen LogP contribution in [0, 0.1) is 23.6 Å². The lowest BCUT2D eigenvalue weighted by Gasteiger charge is -2.37. The molecular weight excluding hydrogens is 445 g/mol. The number of aromatic nitrogens is 1. The number of halogens is 1. The number of piperidine rings is 1. The van der Waals surface area contributed by atoms with Crippen LogP contribution in [0.2, 0.25) is 0 Å². The second kappa shape index (κ2) is 7.32. The highest BCUT2D eigenvalue weighted by Gasteiger charge is 2.64. The fraction of sp³-hybridized carbons (Fsp3) is 0.583. The second-order valence-corrected chi connectivity index (χ2v) is 9.88. The maximum atomic E-state index is 15.2. The molecule has 4 fully saturated rings. The number of hydrogen-bond acceptors (Lipinski definition) is 8. The summed E-state index contributed by atoms with van der Waals surface area (Å²) in [7, 11) is 0. The molecule has 9 nitrogen and oxygen atoms in total. The molecule has 0 N–H and O–H groups in total. The monoisotopic (exact) mass is 471 g/mol. The SMILES string of the molecule is CC1N(c2ccc(N3C[C@@H]4C(COC5CCCCO5)[C@@H]4C3)c(F)c2)C(=O)O[C@@]12Oc1nocc12. The maximum absolute atomic E-state index is 15.2. The van der Waals surface area contributed by atoms with E-state index in [4.69, 9.17) is 23.5 Å². The minimum absolute atomic E-state index is 0.0586. The Bertz CT molecular complexity index is 1120. The Hall–Kier alpha value is -2.85. The number of carbonyl (C=O) groups excluding carboxylic acids is 1.